The van der Waals surface area contributed by atoms with Crippen molar-refractivity contribution < 1.29 is 4.79 Å². The van der Waals surface area contributed by atoms with E-state index in [1.807, 2.05) is 41.5 Å². The van der Waals surface area contributed by atoms with Crippen molar-refractivity contribution in [1.82, 2.24) is 9.80 Å². The van der Waals surface area contributed by atoms with Gasteiger partial charge in [-0.25, -0.2) is 0 Å². The molecule has 1 amide bonds. The summed E-state index contributed by atoms with van der Waals surface area (Å²) >= 11 is 1.67. The second-order valence-electron chi connectivity index (χ2n) is 6.90. The molecule has 0 aliphatic carbocycles. The second kappa shape index (κ2) is 8.62. The van der Waals surface area contributed by atoms with Crippen LogP contribution in [0.15, 0.2) is 60.5 Å². The van der Waals surface area contributed by atoms with Gasteiger partial charge in [-0.1, -0.05) is 42.5 Å². The van der Waals surface area contributed by atoms with Crippen molar-refractivity contribution in [2.24, 2.45) is 5.73 Å². The number of hydrogen-bond donors (Lipinski definition) is 1. The topological polar surface area (TPSA) is 49.6 Å². The van der Waals surface area contributed by atoms with Gasteiger partial charge < -0.3 is 10.6 Å². The fourth-order valence-electron chi connectivity index (χ4n) is 3.63. The molecule has 0 spiro atoms. The molecule has 1 fully saturated rings. The van der Waals surface area contributed by atoms with E-state index in [1.54, 1.807) is 17.4 Å². The Morgan fingerprint density at radius 3 is 2.77 bits per heavy atom. The van der Waals surface area contributed by atoms with Crippen LogP contribution in [0.25, 0.3) is 0 Å². The first-order chi connectivity index (χ1) is 12.6. The van der Waals surface area contributed by atoms with Gasteiger partial charge in [-0.05, 0) is 23.9 Å². The van der Waals surface area contributed by atoms with Crippen molar-refractivity contribution in [2.45, 2.75) is 31.5 Å². The SMILES string of the molecule is C=CCN(Cc1cccs1)C(=O)C(C)N1C[C@@H](N)[C@H](c2ccccc2)C1. The predicted molar refractivity (Wildman–Crippen MR) is 108 cm³/mol. The molecule has 3 atom stereocenters. The number of likely N-dealkylation sites (tertiary alicyclic amines) is 1. The van der Waals surface area contributed by atoms with Gasteiger partial charge >= 0.3 is 0 Å². The van der Waals surface area contributed by atoms with Crippen molar-refractivity contribution in [3.63, 3.8) is 0 Å². The molecule has 1 aromatic carbocycles. The van der Waals surface area contributed by atoms with Crippen LogP contribution in [-0.2, 0) is 11.3 Å². The van der Waals surface area contributed by atoms with Gasteiger partial charge in [-0.3, -0.25) is 9.69 Å². The minimum atomic E-state index is -0.185. The number of thiophene rings is 1. The molecular formula is C21H27N3OS. The Kier molecular flexibility index (Phi) is 6.25. The highest BCUT2D eigenvalue weighted by molar-refractivity contribution is 7.09. The van der Waals surface area contributed by atoms with E-state index in [0.29, 0.717) is 13.1 Å². The van der Waals surface area contributed by atoms with E-state index in [-0.39, 0.29) is 23.9 Å². The third-order valence-electron chi connectivity index (χ3n) is 5.11. The quantitative estimate of drug-likeness (QED) is 0.763. The van der Waals surface area contributed by atoms with Gasteiger partial charge in [0.15, 0.2) is 0 Å². The summed E-state index contributed by atoms with van der Waals surface area (Å²) in [4.78, 5) is 18.4. The summed E-state index contributed by atoms with van der Waals surface area (Å²) in [5.74, 6) is 0.413. The van der Waals surface area contributed by atoms with Gasteiger partial charge in [-0.15, -0.1) is 17.9 Å². The molecule has 0 saturated carbocycles. The van der Waals surface area contributed by atoms with Crippen LogP contribution in [0.2, 0.25) is 0 Å². The van der Waals surface area contributed by atoms with Crippen molar-refractivity contribution in [2.75, 3.05) is 19.6 Å². The van der Waals surface area contributed by atoms with E-state index in [4.69, 9.17) is 5.73 Å². The first-order valence-electron chi connectivity index (χ1n) is 9.06. The van der Waals surface area contributed by atoms with E-state index in [1.165, 1.54) is 10.4 Å². The minimum Gasteiger partial charge on any atom is -0.332 e. The Labute approximate surface area is 159 Å². The van der Waals surface area contributed by atoms with Crippen LogP contribution < -0.4 is 5.73 Å². The zero-order valence-electron chi connectivity index (χ0n) is 15.3. The van der Waals surface area contributed by atoms with E-state index in [0.717, 1.165) is 13.1 Å². The molecule has 1 aliphatic heterocycles. The molecule has 1 saturated heterocycles. The summed E-state index contributed by atoms with van der Waals surface area (Å²) in [6.45, 7) is 8.56. The maximum Gasteiger partial charge on any atom is 0.240 e. The van der Waals surface area contributed by atoms with Gasteiger partial charge in [0.25, 0.3) is 0 Å². The molecule has 2 heterocycles. The highest BCUT2D eigenvalue weighted by Crippen LogP contribution is 2.28. The standard InChI is InChI=1S/C21H27N3OS/c1-3-11-23(13-18-10-7-12-26-18)21(25)16(2)24-14-19(20(22)15-24)17-8-5-4-6-9-17/h3-10,12,16,19-20H,1,11,13-15,22H2,2H3/t16?,19-,20+/m0/s1. The summed E-state index contributed by atoms with van der Waals surface area (Å²) in [6, 6.07) is 14.3. The molecule has 1 aliphatic rings. The van der Waals surface area contributed by atoms with Crippen LogP contribution in [0, 0.1) is 0 Å². The van der Waals surface area contributed by atoms with E-state index in [2.05, 4.69) is 29.7 Å². The zero-order valence-corrected chi connectivity index (χ0v) is 16.1. The van der Waals surface area contributed by atoms with Gasteiger partial charge in [0.1, 0.15) is 0 Å². The molecule has 2 N–H and O–H groups in total. The summed E-state index contributed by atoms with van der Waals surface area (Å²) in [7, 11) is 0. The van der Waals surface area contributed by atoms with Crippen molar-refractivity contribution in [3.05, 3.63) is 70.9 Å². The Morgan fingerprint density at radius 1 is 1.35 bits per heavy atom. The number of carbonyl (C=O) groups excluding carboxylic acids is 1. The number of nitrogens with two attached hydrogens (primary N) is 1. The number of carbonyl (C=O) groups is 1. The van der Waals surface area contributed by atoms with E-state index in [9.17, 15) is 4.79 Å². The van der Waals surface area contributed by atoms with E-state index >= 15 is 0 Å². The zero-order chi connectivity index (χ0) is 18.5. The number of nitrogens with zero attached hydrogens (tertiary/aromatic N) is 2. The fraction of sp³-hybridized carbons (Fsp3) is 0.381. The Balaban J connectivity index is 1.68. The lowest BCUT2D eigenvalue weighted by Gasteiger charge is -2.29. The van der Waals surface area contributed by atoms with Crippen LogP contribution >= 0.6 is 11.3 Å². The Hall–Kier alpha value is -1.95. The molecule has 5 heteroatoms. The summed E-state index contributed by atoms with van der Waals surface area (Å²) < 4.78 is 0. The maximum absolute atomic E-state index is 13.1. The van der Waals surface area contributed by atoms with Crippen molar-refractivity contribution in [3.8, 4) is 0 Å². The van der Waals surface area contributed by atoms with Gasteiger partial charge in [0, 0.05) is 36.5 Å². The molecule has 0 bridgehead atoms. The molecule has 2 aromatic rings. The molecular weight excluding hydrogens is 342 g/mol. The third-order valence-corrected chi connectivity index (χ3v) is 5.98. The van der Waals surface area contributed by atoms with Crippen LogP contribution in [0.4, 0.5) is 0 Å². The van der Waals surface area contributed by atoms with Gasteiger partial charge in [0.05, 0.1) is 12.6 Å². The van der Waals surface area contributed by atoms with Crippen LogP contribution in [0.3, 0.4) is 0 Å². The number of rotatable bonds is 7. The van der Waals surface area contributed by atoms with Crippen LogP contribution in [0.1, 0.15) is 23.3 Å². The Bertz CT molecular complexity index is 716. The van der Waals surface area contributed by atoms with Crippen LogP contribution in [0.5, 0.6) is 0 Å². The normalized spacial score (nSPS) is 21.5. The summed E-state index contributed by atoms with van der Waals surface area (Å²) in [5.41, 5.74) is 7.66. The number of hydrogen-bond acceptors (Lipinski definition) is 4. The lowest BCUT2D eigenvalue weighted by atomic mass is 9.95. The second-order valence-corrected chi connectivity index (χ2v) is 7.93. The molecule has 1 unspecified atom stereocenters. The fourth-order valence-corrected chi connectivity index (χ4v) is 4.35. The molecule has 138 valence electrons. The average Bonchev–Trinajstić information content (AvgIpc) is 3.30. The lowest BCUT2D eigenvalue weighted by Crippen LogP contribution is -2.46. The summed E-state index contributed by atoms with van der Waals surface area (Å²) in [5, 5.41) is 2.04. The monoisotopic (exact) mass is 369 g/mol. The number of amides is 1. The van der Waals surface area contributed by atoms with Gasteiger partial charge in [-0.2, -0.15) is 0 Å². The first kappa shape index (κ1) is 18.8. The average molecular weight is 370 g/mol. The summed E-state index contributed by atoms with van der Waals surface area (Å²) in [6.07, 6.45) is 1.79. The largest absolute Gasteiger partial charge is 0.332 e. The van der Waals surface area contributed by atoms with Crippen molar-refractivity contribution in [1.29, 1.82) is 0 Å². The molecule has 4 nitrogen and oxygen atoms in total. The Morgan fingerprint density at radius 2 is 2.12 bits per heavy atom. The van der Waals surface area contributed by atoms with E-state index < -0.39 is 0 Å². The smallest absolute Gasteiger partial charge is 0.240 e. The van der Waals surface area contributed by atoms with Crippen molar-refractivity contribution >= 4 is 17.2 Å². The minimum absolute atomic E-state index is 0.0535. The highest BCUT2D eigenvalue weighted by Gasteiger charge is 2.36. The van der Waals surface area contributed by atoms with Crippen LogP contribution in [-0.4, -0.2) is 47.4 Å². The molecule has 3 rings (SSSR count). The third kappa shape index (κ3) is 4.23. The first-order valence-corrected chi connectivity index (χ1v) is 9.94. The molecule has 1 aromatic heterocycles. The maximum atomic E-state index is 13.1. The predicted octanol–water partition coefficient (Wildman–Crippen LogP) is 3.08. The number of benzene rings is 1. The molecule has 26 heavy (non-hydrogen) atoms. The van der Waals surface area contributed by atoms with Gasteiger partial charge in [0.2, 0.25) is 5.91 Å². The lowest BCUT2D eigenvalue weighted by molar-refractivity contribution is -0.136. The highest BCUT2D eigenvalue weighted by atomic mass is 32.1. The molecule has 0 radical (unpaired) electrons.